The molecule has 4 amide bonds. The summed E-state index contributed by atoms with van der Waals surface area (Å²) in [7, 11) is 0. The lowest BCUT2D eigenvalue weighted by molar-refractivity contribution is -0.139. The zero-order chi connectivity index (χ0) is 21.9. The van der Waals surface area contributed by atoms with E-state index >= 15 is 0 Å². The summed E-state index contributed by atoms with van der Waals surface area (Å²) in [6, 6.07) is 4.08. The number of rotatable bonds is 12. The SMILES string of the molecule is Cc1c(OCCCCCCCCN)cccc1C(=O)N(C=O)C1CCC(=O)NC1=O. The second-order valence-electron chi connectivity index (χ2n) is 7.47. The molecule has 1 aromatic carbocycles. The molecule has 164 valence electrons. The van der Waals surface area contributed by atoms with Crippen molar-refractivity contribution in [2.24, 2.45) is 5.73 Å². The summed E-state index contributed by atoms with van der Waals surface area (Å²) >= 11 is 0. The smallest absolute Gasteiger partial charge is 0.261 e. The summed E-state index contributed by atoms with van der Waals surface area (Å²) in [4.78, 5) is 48.8. The Bertz CT molecular complexity index is 765. The van der Waals surface area contributed by atoms with Crippen molar-refractivity contribution in [1.82, 2.24) is 10.2 Å². The highest BCUT2D eigenvalue weighted by molar-refractivity contribution is 6.07. The Morgan fingerprint density at radius 1 is 1.20 bits per heavy atom. The van der Waals surface area contributed by atoms with Gasteiger partial charge in [-0.15, -0.1) is 0 Å². The minimum Gasteiger partial charge on any atom is -0.493 e. The highest BCUT2D eigenvalue weighted by atomic mass is 16.5. The number of nitrogens with one attached hydrogen (secondary N) is 1. The number of nitrogens with two attached hydrogens (primary N) is 1. The van der Waals surface area contributed by atoms with Gasteiger partial charge in [-0.25, -0.2) is 0 Å². The molecule has 1 unspecified atom stereocenters. The van der Waals surface area contributed by atoms with Crippen molar-refractivity contribution in [1.29, 1.82) is 0 Å². The quantitative estimate of drug-likeness (QED) is 0.305. The highest BCUT2D eigenvalue weighted by Gasteiger charge is 2.35. The van der Waals surface area contributed by atoms with E-state index in [1.165, 1.54) is 6.42 Å². The highest BCUT2D eigenvalue weighted by Crippen LogP contribution is 2.24. The van der Waals surface area contributed by atoms with Crippen molar-refractivity contribution in [3.63, 3.8) is 0 Å². The monoisotopic (exact) mass is 417 g/mol. The van der Waals surface area contributed by atoms with E-state index in [0.717, 1.165) is 43.5 Å². The third-order valence-corrected chi connectivity index (χ3v) is 5.26. The van der Waals surface area contributed by atoms with E-state index in [9.17, 15) is 19.2 Å². The molecule has 1 atom stereocenters. The van der Waals surface area contributed by atoms with Crippen LogP contribution in [0, 0.1) is 6.92 Å². The maximum atomic E-state index is 12.9. The first-order valence-electron chi connectivity index (χ1n) is 10.5. The molecule has 30 heavy (non-hydrogen) atoms. The number of carbonyl (C=O) groups is 4. The number of hydrogen-bond donors (Lipinski definition) is 2. The van der Waals surface area contributed by atoms with Gasteiger partial charge < -0.3 is 10.5 Å². The largest absolute Gasteiger partial charge is 0.493 e. The van der Waals surface area contributed by atoms with Crippen LogP contribution in [0.1, 0.15) is 67.3 Å². The molecule has 1 aromatic rings. The molecule has 1 saturated heterocycles. The van der Waals surface area contributed by atoms with Gasteiger partial charge in [0, 0.05) is 17.5 Å². The van der Waals surface area contributed by atoms with Crippen molar-refractivity contribution in [3.05, 3.63) is 29.3 Å². The topological polar surface area (TPSA) is 119 Å². The van der Waals surface area contributed by atoms with E-state index in [0.29, 0.717) is 29.9 Å². The summed E-state index contributed by atoms with van der Waals surface area (Å²) in [5, 5.41) is 2.17. The fourth-order valence-corrected chi connectivity index (χ4v) is 3.49. The average Bonchev–Trinajstić information content (AvgIpc) is 2.73. The van der Waals surface area contributed by atoms with Crippen molar-refractivity contribution in [3.8, 4) is 5.75 Å². The molecule has 3 N–H and O–H groups in total. The molecule has 0 aliphatic carbocycles. The molecule has 0 aromatic heterocycles. The van der Waals surface area contributed by atoms with E-state index in [1.54, 1.807) is 25.1 Å². The number of nitrogens with zero attached hydrogens (tertiary/aromatic N) is 1. The van der Waals surface area contributed by atoms with Crippen LogP contribution >= 0.6 is 0 Å². The number of amides is 4. The predicted molar refractivity (Wildman–Crippen MR) is 112 cm³/mol. The maximum absolute atomic E-state index is 12.9. The Morgan fingerprint density at radius 3 is 2.57 bits per heavy atom. The molecule has 0 bridgehead atoms. The average molecular weight is 418 g/mol. The van der Waals surface area contributed by atoms with Crippen LogP contribution in [0.25, 0.3) is 0 Å². The number of piperidine rings is 1. The molecular formula is C22H31N3O5. The third-order valence-electron chi connectivity index (χ3n) is 5.26. The lowest BCUT2D eigenvalue weighted by Crippen LogP contribution is -2.53. The van der Waals surface area contributed by atoms with Gasteiger partial charge in [-0.3, -0.25) is 29.4 Å². The summed E-state index contributed by atoms with van der Waals surface area (Å²) in [6.07, 6.45) is 7.06. The number of ether oxygens (including phenoxy) is 1. The van der Waals surface area contributed by atoms with Crippen LogP contribution in [0.2, 0.25) is 0 Å². The minimum absolute atomic E-state index is 0.0857. The molecule has 1 fully saturated rings. The van der Waals surface area contributed by atoms with Gasteiger partial charge in [-0.1, -0.05) is 31.7 Å². The second-order valence-corrected chi connectivity index (χ2v) is 7.47. The van der Waals surface area contributed by atoms with Gasteiger partial charge in [-0.05, 0) is 44.9 Å². The van der Waals surface area contributed by atoms with Gasteiger partial charge >= 0.3 is 0 Å². The molecule has 0 spiro atoms. The Hall–Kier alpha value is -2.74. The van der Waals surface area contributed by atoms with Crippen LogP contribution in [-0.2, 0) is 14.4 Å². The van der Waals surface area contributed by atoms with E-state index in [2.05, 4.69) is 5.32 Å². The van der Waals surface area contributed by atoms with Crippen molar-refractivity contribution in [2.75, 3.05) is 13.2 Å². The molecule has 8 heteroatoms. The van der Waals surface area contributed by atoms with E-state index < -0.39 is 23.8 Å². The van der Waals surface area contributed by atoms with Crippen molar-refractivity contribution in [2.45, 2.75) is 64.3 Å². The van der Waals surface area contributed by atoms with E-state index in [1.807, 2.05) is 0 Å². The number of hydrogen-bond acceptors (Lipinski definition) is 6. The lowest BCUT2D eigenvalue weighted by atomic mass is 10.0. The van der Waals surface area contributed by atoms with Crippen LogP contribution in [0.15, 0.2) is 18.2 Å². The number of benzene rings is 1. The zero-order valence-electron chi connectivity index (χ0n) is 17.5. The van der Waals surface area contributed by atoms with Gasteiger partial charge in [0.2, 0.25) is 18.2 Å². The molecule has 0 saturated carbocycles. The standard InChI is InChI=1S/C22H31N3O5/c1-16-17(22(29)25(15-26)18-11-12-20(27)24-21(18)28)9-8-10-19(16)30-14-7-5-3-2-4-6-13-23/h8-10,15,18H,2-7,11-14,23H2,1H3,(H,24,27,28). The fourth-order valence-electron chi connectivity index (χ4n) is 3.49. The van der Waals surface area contributed by atoms with Gasteiger partial charge in [0.25, 0.3) is 5.91 Å². The first kappa shape index (κ1) is 23.5. The van der Waals surface area contributed by atoms with Crippen LogP contribution in [0.5, 0.6) is 5.75 Å². The molecule has 1 aliphatic heterocycles. The van der Waals surface area contributed by atoms with Gasteiger partial charge in [0.1, 0.15) is 11.8 Å². The Balaban J connectivity index is 1.95. The summed E-state index contributed by atoms with van der Waals surface area (Å²) in [5.41, 5.74) is 6.40. The second kappa shape index (κ2) is 12.1. The van der Waals surface area contributed by atoms with Gasteiger partial charge in [0.15, 0.2) is 0 Å². The molecule has 1 heterocycles. The van der Waals surface area contributed by atoms with Crippen LogP contribution in [0.4, 0.5) is 0 Å². The minimum atomic E-state index is -0.990. The molecular weight excluding hydrogens is 386 g/mol. The first-order valence-corrected chi connectivity index (χ1v) is 10.5. The number of imide groups is 2. The molecule has 1 aliphatic rings. The molecule has 8 nitrogen and oxygen atoms in total. The fraction of sp³-hybridized carbons (Fsp3) is 0.545. The van der Waals surface area contributed by atoms with Gasteiger partial charge in [0.05, 0.1) is 6.61 Å². The van der Waals surface area contributed by atoms with Crippen molar-refractivity contribution >= 4 is 24.1 Å². The van der Waals surface area contributed by atoms with Gasteiger partial charge in [-0.2, -0.15) is 0 Å². The van der Waals surface area contributed by atoms with Crippen molar-refractivity contribution < 1.29 is 23.9 Å². The zero-order valence-corrected chi connectivity index (χ0v) is 17.5. The summed E-state index contributed by atoms with van der Waals surface area (Å²) in [5.74, 6) is -1.04. The lowest BCUT2D eigenvalue weighted by Gasteiger charge is -2.28. The predicted octanol–water partition coefficient (Wildman–Crippen LogP) is 2.08. The Kier molecular flexibility index (Phi) is 9.47. The van der Waals surface area contributed by atoms with Crippen LogP contribution in [0.3, 0.4) is 0 Å². The normalized spacial score (nSPS) is 16.1. The number of carbonyl (C=O) groups excluding carboxylic acids is 4. The molecule has 0 radical (unpaired) electrons. The first-order chi connectivity index (χ1) is 14.5. The van der Waals surface area contributed by atoms with Crippen LogP contribution < -0.4 is 15.8 Å². The van der Waals surface area contributed by atoms with E-state index in [4.69, 9.17) is 10.5 Å². The van der Waals surface area contributed by atoms with E-state index in [-0.39, 0.29) is 12.8 Å². The Morgan fingerprint density at radius 2 is 1.90 bits per heavy atom. The van der Waals surface area contributed by atoms with Crippen LogP contribution in [-0.4, -0.2) is 48.2 Å². The third kappa shape index (κ3) is 6.38. The summed E-state index contributed by atoms with van der Waals surface area (Å²) < 4.78 is 5.85. The summed E-state index contributed by atoms with van der Waals surface area (Å²) in [6.45, 7) is 3.03. The Labute approximate surface area is 177 Å². The molecule has 2 rings (SSSR count). The number of unbranched alkanes of at least 4 members (excludes halogenated alkanes) is 5. The maximum Gasteiger partial charge on any atom is 0.261 e.